The van der Waals surface area contributed by atoms with Crippen molar-refractivity contribution in [3.8, 4) is 23.0 Å². The van der Waals surface area contributed by atoms with Gasteiger partial charge in [-0.15, -0.1) is 10.2 Å². The quantitative estimate of drug-likeness (QED) is 0.571. The van der Waals surface area contributed by atoms with Crippen LogP contribution in [0.3, 0.4) is 0 Å². The zero-order valence-electron chi connectivity index (χ0n) is 16.4. The van der Waals surface area contributed by atoms with Gasteiger partial charge in [-0.3, -0.25) is 4.79 Å². The molecule has 0 saturated heterocycles. The third-order valence-electron chi connectivity index (χ3n) is 4.84. The van der Waals surface area contributed by atoms with Gasteiger partial charge in [0, 0.05) is 17.8 Å². The topological polar surface area (TPSA) is 77.7 Å². The van der Waals surface area contributed by atoms with E-state index in [-0.39, 0.29) is 17.7 Å². The molecule has 0 radical (unpaired) electrons. The summed E-state index contributed by atoms with van der Waals surface area (Å²) in [4.78, 5) is 14.7. The standard InChI is InChI=1S/C21H21N3O4S/c1-13-10-14-6-4-5-7-17(14)24(13)19(25)12-29-21-23-22-20(28-21)16-9-8-15(26-2)11-18(16)27-3/h4-9,11,13H,10,12H2,1-3H3/t13-/m1/s1. The average molecular weight is 411 g/mol. The van der Waals surface area contributed by atoms with Crippen LogP contribution in [-0.4, -0.2) is 42.1 Å². The molecule has 1 amide bonds. The maximum Gasteiger partial charge on any atom is 0.277 e. The van der Waals surface area contributed by atoms with Gasteiger partial charge in [-0.2, -0.15) is 0 Å². The first-order valence-electron chi connectivity index (χ1n) is 9.19. The Labute approximate surface area is 173 Å². The van der Waals surface area contributed by atoms with E-state index in [1.165, 1.54) is 17.3 Å². The third kappa shape index (κ3) is 3.80. The van der Waals surface area contributed by atoms with E-state index in [1.54, 1.807) is 32.4 Å². The molecule has 8 heteroatoms. The first-order valence-corrected chi connectivity index (χ1v) is 10.2. The maximum atomic E-state index is 12.8. The van der Waals surface area contributed by atoms with Crippen LogP contribution >= 0.6 is 11.8 Å². The molecule has 1 aliphatic heterocycles. The summed E-state index contributed by atoms with van der Waals surface area (Å²) in [5.41, 5.74) is 2.85. The van der Waals surface area contributed by atoms with Crippen molar-refractivity contribution in [2.24, 2.45) is 0 Å². The van der Waals surface area contributed by atoms with E-state index < -0.39 is 0 Å². The van der Waals surface area contributed by atoms with Crippen LogP contribution in [0, 0.1) is 0 Å². The summed E-state index contributed by atoms with van der Waals surface area (Å²) in [6.45, 7) is 2.06. The smallest absolute Gasteiger partial charge is 0.277 e. The van der Waals surface area contributed by atoms with Crippen LogP contribution in [0.15, 0.2) is 52.1 Å². The highest BCUT2D eigenvalue weighted by Gasteiger charge is 2.30. The van der Waals surface area contributed by atoms with Gasteiger partial charge in [-0.1, -0.05) is 30.0 Å². The molecule has 29 heavy (non-hydrogen) atoms. The lowest BCUT2D eigenvalue weighted by Gasteiger charge is -2.22. The van der Waals surface area contributed by atoms with Crippen LogP contribution in [0.1, 0.15) is 12.5 Å². The highest BCUT2D eigenvalue weighted by Crippen LogP contribution is 2.35. The molecule has 0 N–H and O–H groups in total. The number of ether oxygens (including phenoxy) is 2. The van der Waals surface area contributed by atoms with Crippen LogP contribution in [0.5, 0.6) is 11.5 Å². The fraction of sp³-hybridized carbons (Fsp3) is 0.286. The number of hydrogen-bond donors (Lipinski definition) is 0. The number of para-hydroxylation sites is 1. The number of nitrogens with zero attached hydrogens (tertiary/aromatic N) is 3. The Morgan fingerprint density at radius 2 is 2.03 bits per heavy atom. The molecule has 7 nitrogen and oxygen atoms in total. The Bertz CT molecular complexity index is 1040. The monoisotopic (exact) mass is 411 g/mol. The zero-order valence-corrected chi connectivity index (χ0v) is 17.2. The lowest BCUT2D eigenvalue weighted by Crippen LogP contribution is -2.36. The number of benzene rings is 2. The maximum absolute atomic E-state index is 12.8. The second kappa shape index (κ2) is 8.16. The molecule has 0 saturated carbocycles. The first-order chi connectivity index (χ1) is 14.1. The van der Waals surface area contributed by atoms with Crippen molar-refractivity contribution >= 4 is 23.4 Å². The molecular formula is C21H21N3O4S. The molecule has 0 spiro atoms. The number of fused-ring (bicyclic) bond motifs is 1. The van der Waals surface area contributed by atoms with Crippen LogP contribution in [0.4, 0.5) is 5.69 Å². The number of anilines is 1. The number of rotatable bonds is 6. The number of methoxy groups -OCH3 is 2. The third-order valence-corrected chi connectivity index (χ3v) is 5.64. The Kier molecular flexibility index (Phi) is 5.44. The van der Waals surface area contributed by atoms with Gasteiger partial charge in [-0.25, -0.2) is 0 Å². The van der Waals surface area contributed by atoms with E-state index in [2.05, 4.69) is 23.2 Å². The summed E-state index contributed by atoms with van der Waals surface area (Å²) in [5, 5.41) is 8.49. The largest absolute Gasteiger partial charge is 0.497 e. The van der Waals surface area contributed by atoms with E-state index in [1.807, 2.05) is 23.1 Å². The zero-order chi connectivity index (χ0) is 20.4. The number of carbonyl (C=O) groups is 1. The number of aromatic nitrogens is 2. The van der Waals surface area contributed by atoms with Crippen molar-refractivity contribution in [2.45, 2.75) is 24.6 Å². The first kappa shape index (κ1) is 19.3. The van der Waals surface area contributed by atoms with E-state index in [0.717, 1.165) is 12.1 Å². The highest BCUT2D eigenvalue weighted by molar-refractivity contribution is 7.99. The van der Waals surface area contributed by atoms with E-state index in [4.69, 9.17) is 13.9 Å². The van der Waals surface area contributed by atoms with Crippen molar-refractivity contribution in [3.05, 3.63) is 48.0 Å². The number of carbonyl (C=O) groups excluding carboxylic acids is 1. The molecule has 4 rings (SSSR count). The molecule has 0 bridgehead atoms. The van der Waals surface area contributed by atoms with E-state index >= 15 is 0 Å². The minimum Gasteiger partial charge on any atom is -0.497 e. The predicted octanol–water partition coefficient (Wildman–Crippen LogP) is 3.82. The Balaban J connectivity index is 1.46. The Morgan fingerprint density at radius 3 is 2.83 bits per heavy atom. The predicted molar refractivity (Wildman–Crippen MR) is 111 cm³/mol. The van der Waals surface area contributed by atoms with Gasteiger partial charge in [0.15, 0.2) is 0 Å². The average Bonchev–Trinajstić information content (AvgIpc) is 3.35. The van der Waals surface area contributed by atoms with Gasteiger partial charge in [-0.05, 0) is 37.1 Å². The molecular weight excluding hydrogens is 390 g/mol. The fourth-order valence-corrected chi connectivity index (χ4v) is 4.11. The summed E-state index contributed by atoms with van der Waals surface area (Å²) in [6.07, 6.45) is 0.870. The summed E-state index contributed by atoms with van der Waals surface area (Å²) >= 11 is 1.23. The second-order valence-electron chi connectivity index (χ2n) is 6.67. The molecule has 150 valence electrons. The number of amides is 1. The summed E-state index contributed by atoms with van der Waals surface area (Å²) in [6, 6.07) is 13.5. The van der Waals surface area contributed by atoms with Crippen LogP contribution in [0.25, 0.3) is 11.5 Å². The van der Waals surface area contributed by atoms with Crippen molar-refractivity contribution < 1.29 is 18.7 Å². The molecule has 2 aromatic carbocycles. The van der Waals surface area contributed by atoms with Crippen LogP contribution < -0.4 is 14.4 Å². The van der Waals surface area contributed by atoms with Gasteiger partial charge < -0.3 is 18.8 Å². The molecule has 1 aromatic heterocycles. The van der Waals surface area contributed by atoms with Gasteiger partial charge in [0.25, 0.3) is 11.1 Å². The van der Waals surface area contributed by atoms with Crippen molar-refractivity contribution in [2.75, 3.05) is 24.9 Å². The van der Waals surface area contributed by atoms with Crippen molar-refractivity contribution in [3.63, 3.8) is 0 Å². The minimum absolute atomic E-state index is 0.0224. The van der Waals surface area contributed by atoms with Gasteiger partial charge in [0.2, 0.25) is 5.91 Å². The number of hydrogen-bond acceptors (Lipinski definition) is 7. The minimum atomic E-state index is 0.0224. The van der Waals surface area contributed by atoms with E-state index in [0.29, 0.717) is 28.2 Å². The Hall–Kier alpha value is -3.00. The lowest BCUT2D eigenvalue weighted by molar-refractivity contribution is -0.116. The summed E-state index contributed by atoms with van der Waals surface area (Å²) < 4.78 is 16.3. The fourth-order valence-electron chi connectivity index (χ4n) is 3.49. The lowest BCUT2D eigenvalue weighted by atomic mass is 10.1. The Morgan fingerprint density at radius 1 is 1.21 bits per heavy atom. The van der Waals surface area contributed by atoms with E-state index in [9.17, 15) is 4.79 Å². The van der Waals surface area contributed by atoms with Crippen LogP contribution in [0.2, 0.25) is 0 Å². The molecule has 3 aromatic rings. The SMILES string of the molecule is COc1ccc(-c2nnc(SCC(=O)N3c4ccccc4C[C@H]3C)o2)c(OC)c1. The summed E-state index contributed by atoms with van der Waals surface area (Å²) in [5.74, 6) is 1.82. The molecule has 1 aliphatic rings. The normalized spacial score (nSPS) is 15.3. The number of thioether (sulfide) groups is 1. The van der Waals surface area contributed by atoms with Gasteiger partial charge >= 0.3 is 0 Å². The van der Waals surface area contributed by atoms with Gasteiger partial charge in [0.1, 0.15) is 11.5 Å². The molecule has 0 unspecified atom stereocenters. The van der Waals surface area contributed by atoms with Gasteiger partial charge in [0.05, 0.1) is 25.5 Å². The molecule has 0 aliphatic carbocycles. The molecule has 0 fully saturated rings. The highest BCUT2D eigenvalue weighted by atomic mass is 32.2. The van der Waals surface area contributed by atoms with Crippen LogP contribution in [-0.2, 0) is 11.2 Å². The van der Waals surface area contributed by atoms with Crippen molar-refractivity contribution in [1.29, 1.82) is 0 Å². The molecule has 1 atom stereocenters. The second-order valence-corrected chi connectivity index (χ2v) is 7.60. The van der Waals surface area contributed by atoms with Crippen molar-refractivity contribution in [1.82, 2.24) is 10.2 Å². The summed E-state index contributed by atoms with van der Waals surface area (Å²) in [7, 11) is 3.16. The molecule has 2 heterocycles.